The second-order valence-corrected chi connectivity index (χ2v) is 7.64. The normalized spacial score (nSPS) is 11.7. The summed E-state index contributed by atoms with van der Waals surface area (Å²) < 4.78 is 0.939. The van der Waals surface area contributed by atoms with E-state index >= 15 is 0 Å². The highest BCUT2D eigenvalue weighted by atomic mass is 79.9. The van der Waals surface area contributed by atoms with Gasteiger partial charge < -0.3 is 10.2 Å². The summed E-state index contributed by atoms with van der Waals surface area (Å²) in [4.78, 5) is 26.9. The number of benzene rings is 2. The van der Waals surface area contributed by atoms with Crippen molar-refractivity contribution >= 4 is 39.3 Å². The fourth-order valence-electron chi connectivity index (χ4n) is 2.82. The lowest BCUT2D eigenvalue weighted by Crippen LogP contribution is -2.47. The summed E-state index contributed by atoms with van der Waals surface area (Å²) in [6, 6.07) is 14.7. The van der Waals surface area contributed by atoms with Crippen molar-refractivity contribution in [3.63, 3.8) is 0 Å². The zero-order chi connectivity index (χ0) is 19.8. The third-order valence-electron chi connectivity index (χ3n) is 4.33. The second-order valence-electron chi connectivity index (χ2n) is 6.31. The van der Waals surface area contributed by atoms with Crippen molar-refractivity contribution in [3.8, 4) is 0 Å². The van der Waals surface area contributed by atoms with Gasteiger partial charge in [0.15, 0.2) is 0 Å². The minimum absolute atomic E-state index is 0.0753. The van der Waals surface area contributed by atoms with Crippen molar-refractivity contribution in [2.75, 3.05) is 6.54 Å². The third-order valence-corrected chi connectivity index (χ3v) is 5.19. The van der Waals surface area contributed by atoms with Gasteiger partial charge in [0.2, 0.25) is 11.8 Å². The molecule has 0 bridgehead atoms. The molecule has 2 aromatic carbocycles. The van der Waals surface area contributed by atoms with Gasteiger partial charge in [0.05, 0.1) is 0 Å². The molecule has 27 heavy (non-hydrogen) atoms. The molecule has 0 saturated heterocycles. The van der Waals surface area contributed by atoms with Crippen LogP contribution in [0.4, 0.5) is 0 Å². The van der Waals surface area contributed by atoms with Gasteiger partial charge in [0.25, 0.3) is 0 Å². The first kappa shape index (κ1) is 21.5. The molecule has 0 fully saturated rings. The standard InChI is InChI=1S/C21H24BrClN2O2/c1-3-24-21(27)15(2)25(14-16-7-6-9-18(22)13-16)20(26)12-11-17-8-4-5-10-19(17)23/h4-10,13,15H,3,11-12,14H2,1-2H3,(H,24,27)/t15-/m0/s1. The molecule has 2 aromatic rings. The van der Waals surface area contributed by atoms with Crippen molar-refractivity contribution in [3.05, 3.63) is 69.2 Å². The lowest BCUT2D eigenvalue weighted by molar-refractivity contribution is -0.140. The lowest BCUT2D eigenvalue weighted by Gasteiger charge is -2.29. The number of hydrogen-bond donors (Lipinski definition) is 1. The number of likely N-dealkylation sites (N-methyl/N-ethyl adjacent to an activating group) is 1. The molecular formula is C21H24BrClN2O2. The van der Waals surface area contributed by atoms with Crippen LogP contribution in [-0.4, -0.2) is 29.3 Å². The van der Waals surface area contributed by atoms with E-state index in [2.05, 4.69) is 21.2 Å². The first-order chi connectivity index (χ1) is 12.9. The fourth-order valence-corrected chi connectivity index (χ4v) is 3.50. The molecule has 0 radical (unpaired) electrons. The molecule has 0 spiro atoms. The maximum absolute atomic E-state index is 13.0. The van der Waals surface area contributed by atoms with E-state index in [4.69, 9.17) is 11.6 Å². The average molecular weight is 452 g/mol. The summed E-state index contributed by atoms with van der Waals surface area (Å²) in [7, 11) is 0. The first-order valence-electron chi connectivity index (χ1n) is 8.97. The van der Waals surface area contributed by atoms with Crippen LogP contribution in [0.3, 0.4) is 0 Å². The maximum atomic E-state index is 13.0. The smallest absolute Gasteiger partial charge is 0.242 e. The van der Waals surface area contributed by atoms with Gasteiger partial charge in [0, 0.05) is 29.0 Å². The van der Waals surface area contributed by atoms with Gasteiger partial charge >= 0.3 is 0 Å². The minimum atomic E-state index is -0.553. The van der Waals surface area contributed by atoms with E-state index in [0.717, 1.165) is 15.6 Å². The van der Waals surface area contributed by atoms with E-state index in [-0.39, 0.29) is 11.8 Å². The summed E-state index contributed by atoms with van der Waals surface area (Å²) >= 11 is 9.65. The van der Waals surface area contributed by atoms with Crippen LogP contribution in [0.15, 0.2) is 53.0 Å². The van der Waals surface area contributed by atoms with Gasteiger partial charge in [0.1, 0.15) is 6.04 Å². The summed E-state index contributed by atoms with van der Waals surface area (Å²) in [5.74, 6) is -0.229. The Labute approximate surface area is 174 Å². The largest absolute Gasteiger partial charge is 0.355 e. The Morgan fingerprint density at radius 3 is 2.59 bits per heavy atom. The highest BCUT2D eigenvalue weighted by molar-refractivity contribution is 9.10. The molecule has 1 N–H and O–H groups in total. The molecule has 0 aliphatic rings. The maximum Gasteiger partial charge on any atom is 0.242 e. The fraction of sp³-hybridized carbons (Fsp3) is 0.333. The molecule has 6 heteroatoms. The van der Waals surface area contributed by atoms with Crippen LogP contribution in [0, 0.1) is 0 Å². The van der Waals surface area contributed by atoms with Crippen LogP contribution >= 0.6 is 27.5 Å². The number of halogens is 2. The summed E-state index contributed by atoms with van der Waals surface area (Å²) in [5, 5.41) is 3.45. The number of rotatable bonds is 8. The van der Waals surface area contributed by atoms with Crippen molar-refractivity contribution in [1.82, 2.24) is 10.2 Å². The quantitative estimate of drug-likeness (QED) is 0.638. The molecular weight excluding hydrogens is 428 g/mol. The van der Waals surface area contributed by atoms with Gasteiger partial charge in [-0.3, -0.25) is 9.59 Å². The SMILES string of the molecule is CCNC(=O)[C@H](C)N(Cc1cccc(Br)c1)C(=O)CCc1ccccc1Cl. The molecule has 0 heterocycles. The predicted molar refractivity (Wildman–Crippen MR) is 113 cm³/mol. The molecule has 2 rings (SSSR count). The summed E-state index contributed by atoms with van der Waals surface area (Å²) in [6.07, 6.45) is 0.830. The number of amides is 2. The zero-order valence-electron chi connectivity index (χ0n) is 15.5. The molecule has 0 aromatic heterocycles. The Morgan fingerprint density at radius 2 is 1.93 bits per heavy atom. The first-order valence-corrected chi connectivity index (χ1v) is 10.1. The minimum Gasteiger partial charge on any atom is -0.355 e. The monoisotopic (exact) mass is 450 g/mol. The molecule has 4 nitrogen and oxygen atoms in total. The Hall–Kier alpha value is -1.85. The Bertz CT molecular complexity index is 797. The van der Waals surface area contributed by atoms with E-state index in [0.29, 0.717) is 31.0 Å². The van der Waals surface area contributed by atoms with Crippen LogP contribution in [-0.2, 0) is 22.6 Å². The number of aryl methyl sites for hydroxylation is 1. The van der Waals surface area contributed by atoms with Crippen molar-refractivity contribution < 1.29 is 9.59 Å². The topological polar surface area (TPSA) is 49.4 Å². The molecule has 1 atom stereocenters. The number of nitrogens with one attached hydrogen (secondary N) is 1. The number of hydrogen-bond acceptors (Lipinski definition) is 2. The van der Waals surface area contributed by atoms with Crippen molar-refractivity contribution in [2.24, 2.45) is 0 Å². The molecule has 144 valence electrons. The van der Waals surface area contributed by atoms with Crippen LogP contribution < -0.4 is 5.32 Å². The highest BCUT2D eigenvalue weighted by Crippen LogP contribution is 2.19. The predicted octanol–water partition coefficient (Wildman–Crippen LogP) is 4.59. The molecule has 0 aliphatic heterocycles. The van der Waals surface area contributed by atoms with E-state index in [9.17, 15) is 9.59 Å². The summed E-state index contributed by atoms with van der Waals surface area (Å²) in [5.41, 5.74) is 1.90. The van der Waals surface area contributed by atoms with Gasteiger partial charge in [-0.15, -0.1) is 0 Å². The van der Waals surface area contributed by atoms with Crippen LogP contribution in [0.1, 0.15) is 31.4 Å². The van der Waals surface area contributed by atoms with Gasteiger partial charge in [-0.2, -0.15) is 0 Å². The average Bonchev–Trinajstić information content (AvgIpc) is 2.65. The Kier molecular flexibility index (Phi) is 8.32. The van der Waals surface area contributed by atoms with E-state index in [1.165, 1.54) is 0 Å². The highest BCUT2D eigenvalue weighted by Gasteiger charge is 2.25. The molecule has 0 saturated carbocycles. The molecule has 0 unspecified atom stereocenters. The summed E-state index contributed by atoms with van der Waals surface area (Å²) in [6.45, 7) is 4.53. The van der Waals surface area contributed by atoms with Crippen LogP contribution in [0.25, 0.3) is 0 Å². The zero-order valence-corrected chi connectivity index (χ0v) is 17.9. The van der Waals surface area contributed by atoms with E-state index in [1.807, 2.05) is 55.5 Å². The molecule has 0 aliphatic carbocycles. The van der Waals surface area contributed by atoms with Gasteiger partial charge in [-0.25, -0.2) is 0 Å². The molecule has 2 amide bonds. The van der Waals surface area contributed by atoms with Crippen LogP contribution in [0.2, 0.25) is 5.02 Å². The second kappa shape index (κ2) is 10.5. The van der Waals surface area contributed by atoms with E-state index < -0.39 is 6.04 Å². The van der Waals surface area contributed by atoms with Gasteiger partial charge in [-0.05, 0) is 49.6 Å². The van der Waals surface area contributed by atoms with Gasteiger partial charge in [-0.1, -0.05) is 57.9 Å². The van der Waals surface area contributed by atoms with Crippen molar-refractivity contribution in [2.45, 2.75) is 39.3 Å². The van der Waals surface area contributed by atoms with E-state index in [1.54, 1.807) is 11.8 Å². The number of carbonyl (C=O) groups excluding carboxylic acids is 2. The lowest BCUT2D eigenvalue weighted by atomic mass is 10.1. The number of nitrogens with zero attached hydrogens (tertiary/aromatic N) is 1. The van der Waals surface area contributed by atoms with Crippen molar-refractivity contribution in [1.29, 1.82) is 0 Å². The Balaban J connectivity index is 2.15. The third kappa shape index (κ3) is 6.36. The Morgan fingerprint density at radius 1 is 1.19 bits per heavy atom. The van der Waals surface area contributed by atoms with Crippen LogP contribution in [0.5, 0.6) is 0 Å². The number of carbonyl (C=O) groups is 2.